The summed E-state index contributed by atoms with van der Waals surface area (Å²) in [4.78, 5) is 21.5. The third kappa shape index (κ3) is 4.88. The van der Waals surface area contributed by atoms with Gasteiger partial charge in [-0.05, 0) is 35.9 Å². The first-order valence-electron chi connectivity index (χ1n) is 6.56. The second-order valence-electron chi connectivity index (χ2n) is 4.60. The molecule has 0 saturated carbocycles. The Kier molecular flexibility index (Phi) is 4.98. The Bertz CT molecular complexity index is 719. The highest BCUT2D eigenvalue weighted by Gasteiger charge is 2.09. The summed E-state index contributed by atoms with van der Waals surface area (Å²) in [5.41, 5.74) is 1.64. The highest BCUT2D eigenvalue weighted by molar-refractivity contribution is 5.95. The summed E-state index contributed by atoms with van der Waals surface area (Å²) >= 11 is 0. The number of anilines is 3. The normalized spacial score (nSPS) is 9.96. The van der Waals surface area contributed by atoms with Crippen LogP contribution in [0.2, 0.25) is 0 Å². The quantitative estimate of drug-likeness (QED) is 0.578. The Labute approximate surface area is 130 Å². The Morgan fingerprint density at radius 2 is 1.52 bits per heavy atom. The van der Waals surface area contributed by atoms with Crippen LogP contribution in [-0.2, 0) is 6.54 Å². The summed E-state index contributed by atoms with van der Waals surface area (Å²) in [6, 6.07) is 10.4. The fourth-order valence-corrected chi connectivity index (χ4v) is 1.90. The Morgan fingerprint density at radius 1 is 0.913 bits per heavy atom. The van der Waals surface area contributed by atoms with E-state index in [1.165, 1.54) is 24.3 Å². The van der Waals surface area contributed by atoms with Crippen molar-refractivity contribution in [1.82, 2.24) is 0 Å². The van der Waals surface area contributed by atoms with E-state index in [1.54, 1.807) is 18.2 Å². The number of benzene rings is 2. The van der Waals surface area contributed by atoms with Crippen molar-refractivity contribution >= 4 is 29.2 Å². The SMILES string of the molecule is O=C(O)Nc1ccc(NCc2ccc(F)cc2)cc1NC(=O)O. The van der Waals surface area contributed by atoms with E-state index in [1.807, 2.05) is 0 Å². The van der Waals surface area contributed by atoms with Crippen LogP contribution in [0, 0.1) is 5.82 Å². The van der Waals surface area contributed by atoms with E-state index in [2.05, 4.69) is 16.0 Å². The standard InChI is InChI=1S/C15H14FN3O4/c16-10-3-1-9(2-4-10)8-17-11-5-6-12(18-14(20)21)13(7-11)19-15(22)23/h1-7,17-19H,8H2,(H,20,21)(H,22,23). The van der Waals surface area contributed by atoms with Crippen molar-refractivity contribution in [3.8, 4) is 0 Å². The zero-order valence-corrected chi connectivity index (χ0v) is 11.8. The highest BCUT2D eigenvalue weighted by Crippen LogP contribution is 2.26. The molecule has 23 heavy (non-hydrogen) atoms. The first kappa shape index (κ1) is 16.1. The van der Waals surface area contributed by atoms with E-state index >= 15 is 0 Å². The van der Waals surface area contributed by atoms with Gasteiger partial charge in [-0.2, -0.15) is 0 Å². The molecule has 120 valence electrons. The van der Waals surface area contributed by atoms with Crippen LogP contribution in [0.25, 0.3) is 0 Å². The molecule has 0 heterocycles. The van der Waals surface area contributed by atoms with E-state index in [0.717, 1.165) is 5.56 Å². The van der Waals surface area contributed by atoms with Crippen molar-refractivity contribution in [3.05, 3.63) is 53.8 Å². The van der Waals surface area contributed by atoms with Crippen LogP contribution in [0.5, 0.6) is 0 Å². The maximum Gasteiger partial charge on any atom is 0.409 e. The van der Waals surface area contributed by atoms with Crippen molar-refractivity contribution in [2.75, 3.05) is 16.0 Å². The molecule has 0 aromatic heterocycles. The Hall–Kier alpha value is -3.29. The monoisotopic (exact) mass is 319 g/mol. The molecule has 2 aromatic carbocycles. The van der Waals surface area contributed by atoms with Crippen molar-refractivity contribution in [1.29, 1.82) is 0 Å². The van der Waals surface area contributed by atoms with Gasteiger partial charge in [-0.15, -0.1) is 0 Å². The molecule has 5 N–H and O–H groups in total. The van der Waals surface area contributed by atoms with Gasteiger partial charge in [0.15, 0.2) is 0 Å². The summed E-state index contributed by atoms with van der Waals surface area (Å²) in [7, 11) is 0. The molecule has 0 radical (unpaired) electrons. The average molecular weight is 319 g/mol. The van der Waals surface area contributed by atoms with Crippen LogP contribution in [-0.4, -0.2) is 22.4 Å². The van der Waals surface area contributed by atoms with Gasteiger partial charge in [-0.3, -0.25) is 10.6 Å². The number of halogens is 1. The lowest BCUT2D eigenvalue weighted by Gasteiger charge is -2.12. The fourth-order valence-electron chi connectivity index (χ4n) is 1.90. The molecular formula is C15H14FN3O4. The molecule has 0 aliphatic rings. The maximum atomic E-state index is 12.8. The Morgan fingerprint density at radius 3 is 2.13 bits per heavy atom. The van der Waals surface area contributed by atoms with Crippen LogP contribution in [0.4, 0.5) is 31.0 Å². The predicted octanol–water partition coefficient (Wildman–Crippen LogP) is 3.62. The van der Waals surface area contributed by atoms with E-state index in [4.69, 9.17) is 10.2 Å². The molecule has 0 unspecified atom stereocenters. The number of hydrogen-bond acceptors (Lipinski definition) is 3. The average Bonchev–Trinajstić information content (AvgIpc) is 2.48. The van der Waals surface area contributed by atoms with E-state index in [9.17, 15) is 14.0 Å². The second kappa shape index (κ2) is 7.12. The van der Waals surface area contributed by atoms with E-state index < -0.39 is 12.2 Å². The van der Waals surface area contributed by atoms with Gasteiger partial charge in [0.25, 0.3) is 0 Å². The van der Waals surface area contributed by atoms with E-state index in [0.29, 0.717) is 12.2 Å². The van der Waals surface area contributed by atoms with Gasteiger partial charge in [0.2, 0.25) is 0 Å². The molecule has 0 aliphatic carbocycles. The minimum absolute atomic E-state index is 0.101. The smallest absolute Gasteiger partial charge is 0.409 e. The van der Waals surface area contributed by atoms with Crippen molar-refractivity contribution in [2.24, 2.45) is 0 Å². The molecule has 0 bridgehead atoms. The third-order valence-corrected chi connectivity index (χ3v) is 2.91. The van der Waals surface area contributed by atoms with Gasteiger partial charge in [-0.1, -0.05) is 12.1 Å². The zero-order valence-electron chi connectivity index (χ0n) is 11.8. The third-order valence-electron chi connectivity index (χ3n) is 2.91. The van der Waals surface area contributed by atoms with Gasteiger partial charge in [-0.25, -0.2) is 14.0 Å². The number of hydrogen-bond donors (Lipinski definition) is 5. The molecular weight excluding hydrogens is 305 g/mol. The van der Waals surface area contributed by atoms with Crippen LogP contribution < -0.4 is 16.0 Å². The molecule has 2 aromatic rings. The summed E-state index contributed by atoms with van der Waals surface area (Å²) in [5, 5.41) is 24.8. The fraction of sp³-hybridized carbons (Fsp3) is 0.0667. The van der Waals surface area contributed by atoms with E-state index in [-0.39, 0.29) is 17.2 Å². The summed E-state index contributed by atoms with van der Waals surface area (Å²) < 4.78 is 12.8. The minimum atomic E-state index is -1.31. The molecule has 7 nitrogen and oxygen atoms in total. The number of nitrogens with one attached hydrogen (secondary N) is 3. The molecule has 0 saturated heterocycles. The number of amides is 2. The van der Waals surface area contributed by atoms with Crippen LogP contribution >= 0.6 is 0 Å². The lowest BCUT2D eigenvalue weighted by atomic mass is 10.2. The minimum Gasteiger partial charge on any atom is -0.465 e. The van der Waals surface area contributed by atoms with Crippen LogP contribution in [0.1, 0.15) is 5.56 Å². The lowest BCUT2D eigenvalue weighted by molar-refractivity contribution is 0.208. The molecule has 2 rings (SSSR count). The summed E-state index contributed by atoms with van der Waals surface area (Å²) in [6.45, 7) is 0.401. The first-order valence-corrected chi connectivity index (χ1v) is 6.56. The predicted molar refractivity (Wildman–Crippen MR) is 83.5 cm³/mol. The largest absolute Gasteiger partial charge is 0.465 e. The van der Waals surface area contributed by atoms with Gasteiger partial charge in [0.05, 0.1) is 11.4 Å². The van der Waals surface area contributed by atoms with Crippen LogP contribution in [0.15, 0.2) is 42.5 Å². The number of carboxylic acid groups (broad SMARTS) is 2. The van der Waals surface area contributed by atoms with Crippen molar-refractivity contribution in [2.45, 2.75) is 6.54 Å². The van der Waals surface area contributed by atoms with Gasteiger partial charge >= 0.3 is 12.2 Å². The van der Waals surface area contributed by atoms with Gasteiger partial charge < -0.3 is 15.5 Å². The lowest BCUT2D eigenvalue weighted by Crippen LogP contribution is -2.13. The number of rotatable bonds is 5. The van der Waals surface area contributed by atoms with Crippen LogP contribution in [0.3, 0.4) is 0 Å². The molecule has 8 heteroatoms. The molecule has 2 amide bonds. The van der Waals surface area contributed by atoms with Crippen molar-refractivity contribution in [3.63, 3.8) is 0 Å². The van der Waals surface area contributed by atoms with Gasteiger partial charge in [0.1, 0.15) is 5.82 Å². The highest BCUT2D eigenvalue weighted by atomic mass is 19.1. The van der Waals surface area contributed by atoms with Gasteiger partial charge in [0, 0.05) is 12.2 Å². The molecule has 0 fully saturated rings. The summed E-state index contributed by atoms with van der Waals surface area (Å²) in [5.74, 6) is -0.328. The number of carbonyl (C=O) groups is 2. The molecule has 0 atom stereocenters. The first-order chi connectivity index (χ1) is 10.9. The molecule has 0 spiro atoms. The summed E-state index contributed by atoms with van der Waals surface area (Å²) in [6.07, 6.45) is -2.61. The topological polar surface area (TPSA) is 111 Å². The second-order valence-corrected chi connectivity index (χ2v) is 4.60. The zero-order chi connectivity index (χ0) is 16.8. The molecule has 0 aliphatic heterocycles. The maximum absolute atomic E-state index is 12.8. The van der Waals surface area contributed by atoms with Crippen molar-refractivity contribution < 1.29 is 24.2 Å². The Balaban J connectivity index is 2.13.